The Morgan fingerprint density at radius 1 is 1.38 bits per heavy atom. The van der Waals surface area contributed by atoms with Crippen molar-refractivity contribution in [2.24, 2.45) is 5.92 Å². The second-order valence-electron chi connectivity index (χ2n) is 6.48. The fraction of sp³-hybridized carbons (Fsp3) is 0.706. The predicted octanol–water partition coefficient (Wildman–Crippen LogP) is 4.13. The number of pyridine rings is 1. The molecule has 1 aliphatic heterocycles. The maximum atomic E-state index is 6.36. The van der Waals surface area contributed by atoms with E-state index < -0.39 is 0 Å². The van der Waals surface area contributed by atoms with Gasteiger partial charge in [-0.15, -0.1) is 0 Å². The lowest BCUT2D eigenvalue weighted by Gasteiger charge is -2.45. The molecule has 3 nitrogen and oxygen atoms in total. The fourth-order valence-corrected chi connectivity index (χ4v) is 4.36. The predicted molar refractivity (Wildman–Crippen MR) is 85.5 cm³/mol. The zero-order valence-corrected chi connectivity index (χ0v) is 13.5. The van der Waals surface area contributed by atoms with Crippen LogP contribution in [0.4, 0.5) is 0 Å². The van der Waals surface area contributed by atoms with Gasteiger partial charge in [-0.1, -0.05) is 30.9 Å². The van der Waals surface area contributed by atoms with Crippen molar-refractivity contribution in [3.63, 3.8) is 0 Å². The van der Waals surface area contributed by atoms with Crippen molar-refractivity contribution >= 4 is 11.6 Å². The molecule has 2 atom stereocenters. The summed E-state index contributed by atoms with van der Waals surface area (Å²) in [6, 6.07) is 4.05. The Balaban J connectivity index is 1.79. The number of nitrogens with zero attached hydrogens (tertiary/aromatic N) is 1. The Bertz CT molecular complexity index is 468. The molecule has 1 saturated heterocycles. The van der Waals surface area contributed by atoms with Gasteiger partial charge in [0, 0.05) is 12.8 Å². The molecule has 2 fully saturated rings. The van der Waals surface area contributed by atoms with E-state index in [1.54, 1.807) is 0 Å². The highest BCUT2D eigenvalue weighted by Crippen LogP contribution is 2.44. The number of hydrogen-bond acceptors (Lipinski definition) is 3. The summed E-state index contributed by atoms with van der Waals surface area (Å²) in [5, 5.41) is 4.21. The van der Waals surface area contributed by atoms with Crippen LogP contribution >= 0.6 is 11.6 Å². The van der Waals surface area contributed by atoms with Gasteiger partial charge in [-0.3, -0.25) is 4.98 Å². The van der Waals surface area contributed by atoms with Gasteiger partial charge >= 0.3 is 0 Å². The first-order valence-electron chi connectivity index (χ1n) is 8.16. The average Bonchev–Trinajstić information content (AvgIpc) is 2.51. The Kier molecular flexibility index (Phi) is 4.82. The Hall–Kier alpha value is -0.640. The summed E-state index contributed by atoms with van der Waals surface area (Å²) in [7, 11) is 2.01. The van der Waals surface area contributed by atoms with Crippen LogP contribution in [-0.2, 0) is 4.74 Å². The van der Waals surface area contributed by atoms with Crippen molar-refractivity contribution in [3.8, 4) is 0 Å². The molecule has 1 N–H and O–H groups in total. The number of nitrogens with one attached hydrogen (secondary N) is 1. The molecule has 116 valence electrons. The van der Waals surface area contributed by atoms with E-state index in [1.165, 1.54) is 32.1 Å². The largest absolute Gasteiger partial charge is 0.375 e. The van der Waals surface area contributed by atoms with Crippen LogP contribution in [-0.4, -0.2) is 24.2 Å². The second kappa shape index (κ2) is 6.64. The fourth-order valence-electron chi connectivity index (χ4n) is 4.12. The number of hydrogen-bond donors (Lipinski definition) is 1. The summed E-state index contributed by atoms with van der Waals surface area (Å²) < 4.78 is 6.22. The highest BCUT2D eigenvalue weighted by Gasteiger charge is 2.41. The number of ether oxygens (including phenoxy) is 1. The van der Waals surface area contributed by atoms with Gasteiger partial charge < -0.3 is 10.1 Å². The van der Waals surface area contributed by atoms with Crippen molar-refractivity contribution in [2.45, 2.75) is 56.6 Å². The molecular formula is C17H25ClN2O. The van der Waals surface area contributed by atoms with Crippen LogP contribution in [0, 0.1) is 5.92 Å². The van der Waals surface area contributed by atoms with E-state index in [-0.39, 0.29) is 11.6 Å². The van der Waals surface area contributed by atoms with E-state index in [0.717, 1.165) is 30.2 Å². The summed E-state index contributed by atoms with van der Waals surface area (Å²) in [6.07, 6.45) is 10.5. The lowest BCUT2D eigenvalue weighted by atomic mass is 9.73. The summed E-state index contributed by atoms with van der Waals surface area (Å²) >= 11 is 6.36. The molecule has 1 saturated carbocycles. The van der Waals surface area contributed by atoms with E-state index >= 15 is 0 Å². The summed E-state index contributed by atoms with van der Waals surface area (Å²) in [5.74, 6) is 0.550. The van der Waals surface area contributed by atoms with Gasteiger partial charge in [-0.2, -0.15) is 0 Å². The van der Waals surface area contributed by atoms with Crippen LogP contribution in [0.25, 0.3) is 0 Å². The van der Waals surface area contributed by atoms with Crippen LogP contribution in [0.15, 0.2) is 18.3 Å². The molecule has 1 aliphatic carbocycles. The molecule has 2 unspecified atom stereocenters. The van der Waals surface area contributed by atoms with Crippen LogP contribution in [0.3, 0.4) is 0 Å². The lowest BCUT2D eigenvalue weighted by Crippen LogP contribution is -2.44. The Morgan fingerprint density at radius 2 is 2.19 bits per heavy atom. The quantitative estimate of drug-likeness (QED) is 0.912. The maximum absolute atomic E-state index is 6.36. The van der Waals surface area contributed by atoms with Gasteiger partial charge in [0.05, 0.1) is 22.4 Å². The molecule has 2 aliphatic rings. The maximum Gasteiger partial charge on any atom is 0.0761 e. The molecule has 0 bridgehead atoms. The first-order valence-corrected chi connectivity index (χ1v) is 8.53. The Morgan fingerprint density at radius 3 is 2.90 bits per heavy atom. The molecule has 3 rings (SSSR count). The van der Waals surface area contributed by atoms with Gasteiger partial charge in [0.25, 0.3) is 0 Å². The SMILES string of the molecule is CNC(c1ncccc1Cl)C1CCOC2(CCCCC2)C1. The summed E-state index contributed by atoms with van der Waals surface area (Å²) in [4.78, 5) is 4.52. The van der Waals surface area contributed by atoms with Gasteiger partial charge in [0.1, 0.15) is 0 Å². The molecular weight excluding hydrogens is 284 g/mol. The first-order chi connectivity index (χ1) is 10.2. The van der Waals surface area contributed by atoms with Crippen molar-refractivity contribution in [2.75, 3.05) is 13.7 Å². The van der Waals surface area contributed by atoms with Crippen LogP contribution < -0.4 is 5.32 Å². The van der Waals surface area contributed by atoms with Gasteiger partial charge in [0.15, 0.2) is 0 Å². The molecule has 1 aromatic rings. The molecule has 21 heavy (non-hydrogen) atoms. The van der Waals surface area contributed by atoms with Crippen molar-refractivity contribution in [1.29, 1.82) is 0 Å². The molecule has 1 aromatic heterocycles. The first kappa shape index (κ1) is 15.3. The third kappa shape index (κ3) is 3.25. The molecule has 2 heterocycles. The minimum atomic E-state index is 0.123. The van der Waals surface area contributed by atoms with Crippen molar-refractivity contribution < 1.29 is 4.74 Å². The monoisotopic (exact) mass is 308 g/mol. The highest BCUT2D eigenvalue weighted by atomic mass is 35.5. The zero-order chi connectivity index (χ0) is 14.7. The minimum Gasteiger partial charge on any atom is -0.375 e. The van der Waals surface area contributed by atoms with Crippen LogP contribution in [0.2, 0.25) is 5.02 Å². The summed E-state index contributed by atoms with van der Waals surface area (Å²) in [5.41, 5.74) is 1.11. The minimum absolute atomic E-state index is 0.123. The van der Waals surface area contributed by atoms with E-state index in [2.05, 4.69) is 10.3 Å². The molecule has 4 heteroatoms. The van der Waals surface area contributed by atoms with Crippen molar-refractivity contribution in [1.82, 2.24) is 10.3 Å². The molecule has 0 amide bonds. The van der Waals surface area contributed by atoms with E-state index in [0.29, 0.717) is 5.92 Å². The molecule has 0 aromatic carbocycles. The summed E-state index contributed by atoms with van der Waals surface area (Å²) in [6.45, 7) is 0.868. The third-order valence-electron chi connectivity index (χ3n) is 5.16. The topological polar surface area (TPSA) is 34.2 Å². The van der Waals surface area contributed by atoms with Gasteiger partial charge in [-0.05, 0) is 50.8 Å². The zero-order valence-electron chi connectivity index (χ0n) is 12.8. The standard InChI is InChI=1S/C17H25ClN2O/c1-19-15(16-14(18)6-5-10-20-16)13-7-11-21-17(12-13)8-3-2-4-9-17/h5-6,10,13,15,19H,2-4,7-9,11-12H2,1H3. The normalized spacial score (nSPS) is 26.7. The van der Waals surface area contributed by atoms with Gasteiger partial charge in [0.2, 0.25) is 0 Å². The number of aromatic nitrogens is 1. The van der Waals surface area contributed by atoms with E-state index in [4.69, 9.17) is 16.3 Å². The van der Waals surface area contributed by atoms with Crippen molar-refractivity contribution in [3.05, 3.63) is 29.0 Å². The lowest BCUT2D eigenvalue weighted by molar-refractivity contribution is -0.122. The molecule has 0 radical (unpaired) electrons. The third-order valence-corrected chi connectivity index (χ3v) is 5.48. The second-order valence-corrected chi connectivity index (χ2v) is 6.89. The molecule has 1 spiro atoms. The highest BCUT2D eigenvalue weighted by molar-refractivity contribution is 6.31. The average molecular weight is 309 g/mol. The number of rotatable bonds is 3. The number of halogens is 1. The van der Waals surface area contributed by atoms with Gasteiger partial charge in [-0.25, -0.2) is 0 Å². The van der Waals surface area contributed by atoms with E-state index in [1.807, 2.05) is 25.4 Å². The smallest absolute Gasteiger partial charge is 0.0761 e. The van der Waals surface area contributed by atoms with Crippen LogP contribution in [0.5, 0.6) is 0 Å². The Labute approximate surface area is 132 Å². The van der Waals surface area contributed by atoms with Crippen LogP contribution in [0.1, 0.15) is 56.7 Å². The van der Waals surface area contributed by atoms with E-state index in [9.17, 15) is 0 Å².